The molecule has 0 aliphatic carbocycles. The molecule has 58 valence electrons. The van der Waals surface area contributed by atoms with Gasteiger partial charge in [-0.05, 0) is 31.6 Å². The van der Waals surface area contributed by atoms with Crippen LogP contribution in [0.1, 0.15) is 39.0 Å². The highest BCUT2D eigenvalue weighted by Gasteiger charge is 2.33. The first-order chi connectivity index (χ1) is 4.90. The van der Waals surface area contributed by atoms with Gasteiger partial charge in [0.25, 0.3) is 0 Å². The van der Waals surface area contributed by atoms with Crippen LogP contribution in [0.4, 0.5) is 0 Å². The normalized spacial score (nSPS) is 45.9. The van der Waals surface area contributed by atoms with E-state index in [0.717, 1.165) is 18.0 Å². The van der Waals surface area contributed by atoms with Gasteiger partial charge in [-0.1, -0.05) is 13.3 Å². The van der Waals surface area contributed by atoms with Crippen LogP contribution >= 0.6 is 0 Å². The van der Waals surface area contributed by atoms with Gasteiger partial charge < -0.3 is 5.32 Å². The monoisotopic (exact) mass is 139 g/mol. The van der Waals surface area contributed by atoms with Crippen molar-refractivity contribution < 1.29 is 0 Å². The third-order valence-electron chi connectivity index (χ3n) is 3.26. The molecule has 10 heavy (non-hydrogen) atoms. The van der Waals surface area contributed by atoms with E-state index in [1.165, 1.54) is 32.1 Å². The molecule has 2 heterocycles. The molecule has 2 fully saturated rings. The van der Waals surface area contributed by atoms with Crippen LogP contribution in [0.2, 0.25) is 0 Å². The highest BCUT2D eigenvalue weighted by atomic mass is 15.0. The van der Waals surface area contributed by atoms with Gasteiger partial charge in [0.1, 0.15) is 0 Å². The SMILES string of the molecule is CCC1CC[C@@H]2CC[C@H]1N2. The topological polar surface area (TPSA) is 12.0 Å². The van der Waals surface area contributed by atoms with Crippen LogP contribution in [0.25, 0.3) is 0 Å². The lowest BCUT2D eigenvalue weighted by Gasteiger charge is -2.29. The highest BCUT2D eigenvalue weighted by molar-refractivity contribution is 4.92. The molecule has 0 amide bonds. The van der Waals surface area contributed by atoms with Gasteiger partial charge in [0.05, 0.1) is 0 Å². The zero-order valence-corrected chi connectivity index (χ0v) is 6.77. The van der Waals surface area contributed by atoms with E-state index < -0.39 is 0 Å². The Hall–Kier alpha value is -0.0400. The number of nitrogens with one attached hydrogen (secondary N) is 1. The van der Waals surface area contributed by atoms with Gasteiger partial charge in [-0.15, -0.1) is 0 Å². The average molecular weight is 139 g/mol. The zero-order chi connectivity index (χ0) is 6.97. The highest BCUT2D eigenvalue weighted by Crippen LogP contribution is 2.32. The molecule has 0 saturated carbocycles. The third kappa shape index (κ3) is 0.968. The predicted molar refractivity (Wildman–Crippen MR) is 43.0 cm³/mol. The maximum Gasteiger partial charge on any atom is 0.00984 e. The van der Waals surface area contributed by atoms with Crippen molar-refractivity contribution in [3.63, 3.8) is 0 Å². The van der Waals surface area contributed by atoms with E-state index in [2.05, 4.69) is 12.2 Å². The lowest BCUT2D eigenvalue weighted by molar-refractivity contribution is 0.283. The van der Waals surface area contributed by atoms with Crippen LogP contribution < -0.4 is 5.32 Å². The van der Waals surface area contributed by atoms with E-state index in [1.54, 1.807) is 0 Å². The summed E-state index contributed by atoms with van der Waals surface area (Å²) in [6, 6.07) is 1.79. The molecular weight excluding hydrogens is 122 g/mol. The van der Waals surface area contributed by atoms with Crippen molar-refractivity contribution in [2.45, 2.75) is 51.1 Å². The lowest BCUT2D eigenvalue weighted by atomic mass is 9.90. The van der Waals surface area contributed by atoms with Crippen molar-refractivity contribution >= 4 is 0 Å². The van der Waals surface area contributed by atoms with Crippen LogP contribution in [0.15, 0.2) is 0 Å². The summed E-state index contributed by atoms with van der Waals surface area (Å²) in [5, 5.41) is 3.69. The second-order valence-electron chi connectivity index (χ2n) is 3.79. The zero-order valence-electron chi connectivity index (χ0n) is 6.77. The van der Waals surface area contributed by atoms with Gasteiger partial charge in [0.15, 0.2) is 0 Å². The summed E-state index contributed by atoms with van der Waals surface area (Å²) in [6.07, 6.45) is 7.20. The van der Waals surface area contributed by atoms with Crippen molar-refractivity contribution in [2.75, 3.05) is 0 Å². The third-order valence-corrected chi connectivity index (χ3v) is 3.26. The van der Waals surface area contributed by atoms with E-state index in [1.807, 2.05) is 0 Å². The van der Waals surface area contributed by atoms with Crippen molar-refractivity contribution in [3.05, 3.63) is 0 Å². The maximum absolute atomic E-state index is 3.69. The van der Waals surface area contributed by atoms with E-state index in [9.17, 15) is 0 Å². The molecule has 2 aliphatic heterocycles. The van der Waals surface area contributed by atoms with E-state index in [4.69, 9.17) is 0 Å². The summed E-state index contributed by atoms with van der Waals surface area (Å²) in [7, 11) is 0. The van der Waals surface area contributed by atoms with Crippen LogP contribution in [0.3, 0.4) is 0 Å². The van der Waals surface area contributed by atoms with E-state index in [-0.39, 0.29) is 0 Å². The van der Waals surface area contributed by atoms with Gasteiger partial charge in [-0.3, -0.25) is 0 Å². The largest absolute Gasteiger partial charge is 0.311 e. The second-order valence-corrected chi connectivity index (χ2v) is 3.79. The number of piperidine rings is 1. The fourth-order valence-electron chi connectivity index (χ4n) is 2.55. The summed E-state index contributed by atoms with van der Waals surface area (Å²) in [4.78, 5) is 0. The van der Waals surface area contributed by atoms with Crippen molar-refractivity contribution in [3.8, 4) is 0 Å². The number of hydrogen-bond acceptors (Lipinski definition) is 1. The van der Waals surface area contributed by atoms with Crippen molar-refractivity contribution in [1.29, 1.82) is 0 Å². The summed E-state index contributed by atoms with van der Waals surface area (Å²) >= 11 is 0. The standard InChI is InChI=1S/C9H17N/c1-2-7-3-4-8-5-6-9(7)10-8/h7-10H,2-6H2,1H3/t7?,8-,9-/m1/s1. The summed E-state index contributed by atoms with van der Waals surface area (Å²) in [5.74, 6) is 0.999. The molecule has 1 unspecified atom stereocenters. The Labute approximate surface area is 63.2 Å². The number of rotatable bonds is 1. The van der Waals surface area contributed by atoms with Gasteiger partial charge in [0.2, 0.25) is 0 Å². The fraction of sp³-hybridized carbons (Fsp3) is 1.00. The molecule has 0 aromatic rings. The van der Waals surface area contributed by atoms with Crippen LogP contribution in [0.5, 0.6) is 0 Å². The molecule has 2 saturated heterocycles. The van der Waals surface area contributed by atoms with Crippen LogP contribution in [0, 0.1) is 5.92 Å². The quantitative estimate of drug-likeness (QED) is 0.585. The molecule has 2 aliphatic rings. The van der Waals surface area contributed by atoms with E-state index >= 15 is 0 Å². The Morgan fingerprint density at radius 3 is 2.80 bits per heavy atom. The Kier molecular flexibility index (Phi) is 1.69. The number of hydrogen-bond donors (Lipinski definition) is 1. The Morgan fingerprint density at radius 1 is 1.20 bits per heavy atom. The first kappa shape index (κ1) is 6.66. The first-order valence-corrected chi connectivity index (χ1v) is 4.66. The fourth-order valence-corrected chi connectivity index (χ4v) is 2.55. The minimum absolute atomic E-state index is 0.892. The molecule has 0 aromatic carbocycles. The Morgan fingerprint density at radius 2 is 2.00 bits per heavy atom. The summed E-state index contributed by atoms with van der Waals surface area (Å²) < 4.78 is 0. The maximum atomic E-state index is 3.69. The van der Waals surface area contributed by atoms with Gasteiger partial charge >= 0.3 is 0 Å². The molecule has 2 bridgehead atoms. The smallest absolute Gasteiger partial charge is 0.00984 e. The Balaban J connectivity index is 2.00. The summed E-state index contributed by atoms with van der Waals surface area (Å²) in [5.41, 5.74) is 0. The van der Waals surface area contributed by atoms with E-state index in [0.29, 0.717) is 0 Å². The van der Waals surface area contributed by atoms with Crippen LogP contribution in [-0.4, -0.2) is 12.1 Å². The molecule has 1 heteroatoms. The molecule has 2 rings (SSSR count). The average Bonchev–Trinajstić information content (AvgIpc) is 2.34. The molecule has 0 spiro atoms. The minimum Gasteiger partial charge on any atom is -0.311 e. The van der Waals surface area contributed by atoms with Gasteiger partial charge in [0, 0.05) is 12.1 Å². The minimum atomic E-state index is 0.892. The molecule has 1 nitrogen and oxygen atoms in total. The Bertz CT molecular complexity index is 122. The molecular formula is C9H17N. The van der Waals surface area contributed by atoms with Gasteiger partial charge in [-0.25, -0.2) is 0 Å². The van der Waals surface area contributed by atoms with Gasteiger partial charge in [-0.2, -0.15) is 0 Å². The molecule has 1 N–H and O–H groups in total. The number of fused-ring (bicyclic) bond motifs is 2. The van der Waals surface area contributed by atoms with Crippen LogP contribution in [-0.2, 0) is 0 Å². The van der Waals surface area contributed by atoms with Crippen molar-refractivity contribution in [1.82, 2.24) is 5.32 Å². The second kappa shape index (κ2) is 2.54. The predicted octanol–water partition coefficient (Wildman–Crippen LogP) is 1.93. The molecule has 3 atom stereocenters. The molecule has 0 aromatic heterocycles. The molecule has 0 radical (unpaired) electrons. The summed E-state index contributed by atoms with van der Waals surface area (Å²) in [6.45, 7) is 2.32. The first-order valence-electron chi connectivity index (χ1n) is 4.66. The van der Waals surface area contributed by atoms with Crippen molar-refractivity contribution in [2.24, 2.45) is 5.92 Å². The lowest BCUT2D eigenvalue weighted by Crippen LogP contribution is -2.39.